The summed E-state index contributed by atoms with van der Waals surface area (Å²) in [5.41, 5.74) is 0.807. The van der Waals surface area contributed by atoms with Gasteiger partial charge >= 0.3 is 0 Å². The van der Waals surface area contributed by atoms with Crippen LogP contribution in [0.3, 0.4) is 0 Å². The summed E-state index contributed by atoms with van der Waals surface area (Å²) < 4.78 is 0. The molecule has 0 amide bonds. The molecule has 0 aromatic heterocycles. The monoisotopic (exact) mass is 284 g/mol. The molecule has 0 aliphatic carbocycles. The van der Waals surface area contributed by atoms with Gasteiger partial charge in [0.25, 0.3) is 0 Å². The molecule has 1 rings (SSSR count). The molecule has 0 spiro atoms. The average Bonchev–Trinajstić information content (AvgIpc) is 2.36. The van der Waals surface area contributed by atoms with E-state index in [1.54, 1.807) is 17.8 Å². The first kappa shape index (κ1) is 15.4. The molecule has 1 aromatic carbocycles. The first-order valence-electron chi connectivity index (χ1n) is 5.85. The molecule has 0 aliphatic heterocycles. The van der Waals surface area contributed by atoms with Crippen molar-refractivity contribution in [1.29, 1.82) is 0 Å². The predicted molar refractivity (Wildman–Crippen MR) is 84.4 cm³/mol. The van der Waals surface area contributed by atoms with Crippen molar-refractivity contribution >= 4 is 29.4 Å². The summed E-state index contributed by atoms with van der Waals surface area (Å²) in [4.78, 5) is 6.74. The normalized spacial score (nSPS) is 12.1. The van der Waals surface area contributed by atoms with Gasteiger partial charge in [-0.1, -0.05) is 12.1 Å². The third-order valence-corrected chi connectivity index (χ3v) is 3.48. The first-order chi connectivity index (χ1) is 8.69. The fourth-order valence-corrected chi connectivity index (χ4v) is 2.47. The predicted octanol–water partition coefficient (Wildman–Crippen LogP) is 2.36. The van der Waals surface area contributed by atoms with Crippen molar-refractivity contribution in [1.82, 2.24) is 4.90 Å². The molecule has 0 unspecified atom stereocenters. The van der Waals surface area contributed by atoms with Gasteiger partial charge in [0.1, 0.15) is 10.8 Å². The molecule has 3 nitrogen and oxygen atoms in total. The fourth-order valence-electron chi connectivity index (χ4n) is 1.52. The Morgan fingerprint density at radius 2 is 2.11 bits per heavy atom. The second-order valence-corrected chi connectivity index (χ2v) is 5.18. The van der Waals surface area contributed by atoms with E-state index in [9.17, 15) is 5.11 Å². The number of hydrogen-bond acceptors (Lipinski definition) is 5. The number of rotatable bonds is 6. The van der Waals surface area contributed by atoms with E-state index in [2.05, 4.69) is 29.6 Å². The lowest BCUT2D eigenvalue weighted by atomic mass is 10.2. The van der Waals surface area contributed by atoms with Crippen LogP contribution in [0, 0.1) is 0 Å². The molecule has 18 heavy (non-hydrogen) atoms. The summed E-state index contributed by atoms with van der Waals surface area (Å²) in [6.45, 7) is 2.59. The highest BCUT2D eigenvalue weighted by Crippen LogP contribution is 2.21. The standard InChI is InChI=1S/C13H20N2OS2/c1-15(9-10-17)8-7-14-13(18-2)11-5-3-4-6-12(11)16/h3-6,16-17H,7-10H2,1-2H3/b14-13-. The number of nitrogens with zero attached hydrogens (tertiary/aromatic N) is 2. The molecule has 100 valence electrons. The Hall–Kier alpha value is -0.650. The van der Waals surface area contributed by atoms with Gasteiger partial charge in [0.2, 0.25) is 0 Å². The number of phenolic OH excluding ortho intramolecular Hbond substituents is 1. The van der Waals surface area contributed by atoms with Gasteiger partial charge in [-0.2, -0.15) is 12.6 Å². The highest BCUT2D eigenvalue weighted by atomic mass is 32.2. The van der Waals surface area contributed by atoms with Crippen molar-refractivity contribution in [2.45, 2.75) is 0 Å². The third kappa shape index (κ3) is 4.92. The van der Waals surface area contributed by atoms with Crippen LogP contribution < -0.4 is 0 Å². The quantitative estimate of drug-likeness (QED) is 0.478. The Labute approximate surface area is 119 Å². The minimum atomic E-state index is 0.286. The van der Waals surface area contributed by atoms with E-state index in [0.717, 1.165) is 36.0 Å². The summed E-state index contributed by atoms with van der Waals surface area (Å²) in [7, 11) is 2.06. The van der Waals surface area contributed by atoms with Gasteiger partial charge in [0.05, 0.1) is 6.54 Å². The molecule has 0 heterocycles. The van der Waals surface area contributed by atoms with Crippen molar-refractivity contribution in [3.8, 4) is 5.75 Å². The lowest BCUT2D eigenvalue weighted by Crippen LogP contribution is -2.24. The zero-order valence-electron chi connectivity index (χ0n) is 10.8. The molecule has 5 heteroatoms. The first-order valence-corrected chi connectivity index (χ1v) is 7.71. The number of hydrogen-bond donors (Lipinski definition) is 2. The van der Waals surface area contributed by atoms with Crippen LogP contribution >= 0.6 is 24.4 Å². The third-order valence-electron chi connectivity index (χ3n) is 2.55. The van der Waals surface area contributed by atoms with Gasteiger partial charge in [0.15, 0.2) is 0 Å². The molecule has 0 aliphatic rings. The molecule has 0 atom stereocenters. The highest BCUT2D eigenvalue weighted by Gasteiger charge is 2.06. The Morgan fingerprint density at radius 1 is 1.39 bits per heavy atom. The largest absolute Gasteiger partial charge is 0.507 e. The number of aliphatic imine (C=N–C) groups is 1. The molecule has 0 bridgehead atoms. The zero-order valence-corrected chi connectivity index (χ0v) is 12.5. The Balaban J connectivity index is 2.64. The van der Waals surface area contributed by atoms with Crippen molar-refractivity contribution in [2.75, 3.05) is 38.7 Å². The van der Waals surface area contributed by atoms with Gasteiger partial charge in [0, 0.05) is 24.4 Å². The van der Waals surface area contributed by atoms with Crippen molar-refractivity contribution in [3.05, 3.63) is 29.8 Å². The number of thioether (sulfide) groups is 1. The SMILES string of the molecule is CS/C(=N\CCN(C)CCS)c1ccccc1O. The number of benzene rings is 1. The fraction of sp³-hybridized carbons (Fsp3) is 0.462. The van der Waals surface area contributed by atoms with Crippen LogP contribution in [0.5, 0.6) is 5.75 Å². The minimum absolute atomic E-state index is 0.286. The molecule has 0 saturated heterocycles. The molecular weight excluding hydrogens is 264 g/mol. The summed E-state index contributed by atoms with van der Waals surface area (Å²) in [5, 5.41) is 10.7. The number of para-hydroxylation sites is 1. The molecular formula is C13H20N2OS2. The lowest BCUT2D eigenvalue weighted by Gasteiger charge is -2.13. The zero-order chi connectivity index (χ0) is 13.4. The average molecular weight is 284 g/mol. The van der Waals surface area contributed by atoms with E-state index < -0.39 is 0 Å². The van der Waals surface area contributed by atoms with E-state index in [1.165, 1.54) is 0 Å². The van der Waals surface area contributed by atoms with Crippen LogP contribution in [0.4, 0.5) is 0 Å². The van der Waals surface area contributed by atoms with Crippen LogP contribution in [0.15, 0.2) is 29.3 Å². The number of aromatic hydroxyl groups is 1. The van der Waals surface area contributed by atoms with Gasteiger partial charge < -0.3 is 10.0 Å². The maximum absolute atomic E-state index is 9.79. The second-order valence-electron chi connectivity index (χ2n) is 3.94. The topological polar surface area (TPSA) is 35.8 Å². The second kappa shape index (κ2) is 8.45. The van der Waals surface area contributed by atoms with Gasteiger partial charge in [-0.3, -0.25) is 4.99 Å². The molecule has 0 saturated carbocycles. The van der Waals surface area contributed by atoms with Crippen LogP contribution in [-0.2, 0) is 0 Å². The van der Waals surface area contributed by atoms with Gasteiger partial charge in [-0.05, 0) is 25.4 Å². The van der Waals surface area contributed by atoms with Crippen LogP contribution in [0.25, 0.3) is 0 Å². The molecule has 1 N–H and O–H groups in total. The molecule has 0 fully saturated rings. The Kier molecular flexibility index (Phi) is 7.23. The van der Waals surface area contributed by atoms with E-state index in [0.29, 0.717) is 0 Å². The van der Waals surface area contributed by atoms with Crippen molar-refractivity contribution in [3.63, 3.8) is 0 Å². The maximum atomic E-state index is 9.79. The summed E-state index contributed by atoms with van der Waals surface area (Å²) in [6, 6.07) is 7.31. The van der Waals surface area contributed by atoms with Crippen LogP contribution in [0.2, 0.25) is 0 Å². The van der Waals surface area contributed by atoms with E-state index in [1.807, 2.05) is 24.5 Å². The van der Waals surface area contributed by atoms with E-state index >= 15 is 0 Å². The smallest absolute Gasteiger partial charge is 0.125 e. The summed E-state index contributed by atoms with van der Waals surface area (Å²) in [6.07, 6.45) is 1.97. The number of phenols is 1. The Morgan fingerprint density at radius 3 is 2.72 bits per heavy atom. The Bertz CT molecular complexity index is 396. The highest BCUT2D eigenvalue weighted by molar-refractivity contribution is 8.13. The maximum Gasteiger partial charge on any atom is 0.125 e. The summed E-state index contributed by atoms with van der Waals surface area (Å²) in [5.74, 6) is 1.14. The number of thiol groups is 1. The van der Waals surface area contributed by atoms with E-state index in [-0.39, 0.29) is 5.75 Å². The van der Waals surface area contributed by atoms with E-state index in [4.69, 9.17) is 0 Å². The van der Waals surface area contributed by atoms with Crippen molar-refractivity contribution < 1.29 is 5.11 Å². The van der Waals surface area contributed by atoms with Crippen LogP contribution in [-0.4, -0.2) is 53.7 Å². The van der Waals surface area contributed by atoms with Crippen molar-refractivity contribution in [2.24, 2.45) is 4.99 Å². The molecule has 1 aromatic rings. The molecule has 0 radical (unpaired) electrons. The summed E-state index contributed by atoms with van der Waals surface area (Å²) >= 11 is 5.76. The number of likely N-dealkylation sites (N-methyl/N-ethyl adjacent to an activating group) is 1. The lowest BCUT2D eigenvalue weighted by molar-refractivity contribution is 0.367. The minimum Gasteiger partial charge on any atom is -0.507 e. The van der Waals surface area contributed by atoms with Gasteiger partial charge in [-0.15, -0.1) is 11.8 Å². The van der Waals surface area contributed by atoms with Gasteiger partial charge in [-0.25, -0.2) is 0 Å². The van der Waals surface area contributed by atoms with Crippen LogP contribution in [0.1, 0.15) is 5.56 Å².